The molecule has 31 heavy (non-hydrogen) atoms. The van der Waals surface area contributed by atoms with E-state index in [-0.39, 0.29) is 37.5 Å². The summed E-state index contributed by atoms with van der Waals surface area (Å²) in [6.07, 6.45) is 1.53. The molecule has 2 unspecified atom stereocenters. The lowest BCUT2D eigenvalue weighted by atomic mass is 9.93. The average Bonchev–Trinajstić information content (AvgIpc) is 2.79. The Hall–Kier alpha value is -2.90. The SMILES string of the molecule is O=C(CN1C(=O)N(Cc2ccccc2)C(=O)C2NCCCC21)NCc1ccccc1Cl. The molecule has 0 aromatic heterocycles. The highest BCUT2D eigenvalue weighted by Gasteiger charge is 2.47. The molecule has 0 spiro atoms. The molecule has 7 nitrogen and oxygen atoms in total. The maximum absolute atomic E-state index is 13.3. The predicted molar refractivity (Wildman–Crippen MR) is 117 cm³/mol. The number of nitrogens with zero attached hydrogens (tertiary/aromatic N) is 2. The fraction of sp³-hybridized carbons (Fsp3) is 0.348. The minimum Gasteiger partial charge on any atom is -0.350 e. The van der Waals surface area contributed by atoms with Gasteiger partial charge in [0.15, 0.2) is 0 Å². The monoisotopic (exact) mass is 440 g/mol. The quantitative estimate of drug-likeness (QED) is 0.723. The molecule has 0 saturated carbocycles. The van der Waals surface area contributed by atoms with Crippen LogP contribution in [0, 0.1) is 0 Å². The molecule has 8 heteroatoms. The number of halogens is 1. The summed E-state index contributed by atoms with van der Waals surface area (Å²) in [5.41, 5.74) is 1.67. The lowest BCUT2D eigenvalue weighted by Gasteiger charge is -2.46. The van der Waals surface area contributed by atoms with E-state index in [1.807, 2.05) is 48.5 Å². The Morgan fingerprint density at radius 3 is 2.61 bits per heavy atom. The molecular weight excluding hydrogens is 416 g/mol. The van der Waals surface area contributed by atoms with Crippen LogP contribution in [0.5, 0.6) is 0 Å². The van der Waals surface area contributed by atoms with Gasteiger partial charge in [-0.05, 0) is 36.6 Å². The largest absolute Gasteiger partial charge is 0.350 e. The zero-order chi connectivity index (χ0) is 21.8. The molecule has 4 amide bonds. The molecule has 162 valence electrons. The first kappa shape index (κ1) is 21.3. The summed E-state index contributed by atoms with van der Waals surface area (Å²) in [6, 6.07) is 15.4. The van der Waals surface area contributed by atoms with Crippen molar-refractivity contribution >= 4 is 29.4 Å². The number of benzene rings is 2. The van der Waals surface area contributed by atoms with Gasteiger partial charge in [-0.2, -0.15) is 0 Å². The third kappa shape index (κ3) is 4.73. The van der Waals surface area contributed by atoms with Crippen LogP contribution < -0.4 is 10.6 Å². The van der Waals surface area contributed by atoms with E-state index < -0.39 is 12.1 Å². The van der Waals surface area contributed by atoms with Gasteiger partial charge in [0.2, 0.25) is 11.8 Å². The van der Waals surface area contributed by atoms with Crippen LogP contribution in [0.2, 0.25) is 5.02 Å². The second kappa shape index (κ2) is 9.49. The van der Waals surface area contributed by atoms with Crippen LogP contribution in [-0.4, -0.2) is 52.8 Å². The Kier molecular flexibility index (Phi) is 6.53. The number of nitrogens with one attached hydrogen (secondary N) is 2. The summed E-state index contributed by atoms with van der Waals surface area (Å²) in [4.78, 5) is 41.8. The van der Waals surface area contributed by atoms with Crippen molar-refractivity contribution in [3.63, 3.8) is 0 Å². The number of fused-ring (bicyclic) bond motifs is 1. The third-order valence-electron chi connectivity index (χ3n) is 5.77. The fourth-order valence-electron chi connectivity index (χ4n) is 4.16. The average molecular weight is 441 g/mol. The predicted octanol–water partition coefficient (Wildman–Crippen LogP) is 2.54. The molecule has 2 aliphatic rings. The van der Waals surface area contributed by atoms with Crippen molar-refractivity contribution < 1.29 is 14.4 Å². The van der Waals surface area contributed by atoms with Crippen molar-refractivity contribution in [1.29, 1.82) is 0 Å². The van der Waals surface area contributed by atoms with E-state index in [1.165, 1.54) is 9.80 Å². The summed E-state index contributed by atoms with van der Waals surface area (Å²) in [5, 5.41) is 6.66. The van der Waals surface area contributed by atoms with Crippen molar-refractivity contribution in [3.05, 3.63) is 70.7 Å². The van der Waals surface area contributed by atoms with Gasteiger partial charge in [-0.1, -0.05) is 60.1 Å². The van der Waals surface area contributed by atoms with Crippen molar-refractivity contribution in [2.24, 2.45) is 0 Å². The molecule has 2 aromatic rings. The highest BCUT2D eigenvalue weighted by Crippen LogP contribution is 2.26. The molecule has 2 atom stereocenters. The summed E-state index contributed by atoms with van der Waals surface area (Å²) in [6.45, 7) is 1.07. The molecule has 2 aromatic carbocycles. The van der Waals surface area contributed by atoms with E-state index in [2.05, 4.69) is 10.6 Å². The van der Waals surface area contributed by atoms with Crippen LogP contribution in [0.4, 0.5) is 4.79 Å². The Morgan fingerprint density at radius 1 is 1.10 bits per heavy atom. The number of hydrogen-bond donors (Lipinski definition) is 2. The first-order valence-electron chi connectivity index (χ1n) is 10.4. The standard InChI is InChI=1S/C23H25ClN4O3/c24-18-10-5-4-9-17(18)13-26-20(29)15-27-19-11-6-12-25-21(19)22(30)28(23(27)31)14-16-7-2-1-3-8-16/h1-5,7-10,19,21,25H,6,11-15H2,(H,26,29). The van der Waals surface area contributed by atoms with Gasteiger partial charge in [-0.15, -0.1) is 0 Å². The van der Waals surface area contributed by atoms with Gasteiger partial charge in [-0.25, -0.2) is 4.79 Å². The molecule has 0 radical (unpaired) electrons. The van der Waals surface area contributed by atoms with Crippen LogP contribution in [0.25, 0.3) is 0 Å². The lowest BCUT2D eigenvalue weighted by Crippen LogP contribution is -2.70. The normalized spacial score (nSPS) is 21.1. The van der Waals surface area contributed by atoms with E-state index in [4.69, 9.17) is 11.6 Å². The zero-order valence-corrected chi connectivity index (χ0v) is 17.8. The van der Waals surface area contributed by atoms with Gasteiger partial charge < -0.3 is 15.5 Å². The Labute approximate surface area is 186 Å². The molecule has 0 aliphatic carbocycles. The number of carbonyl (C=O) groups is 3. The van der Waals surface area contributed by atoms with Crippen molar-refractivity contribution in [2.75, 3.05) is 13.1 Å². The smallest absolute Gasteiger partial charge is 0.327 e. The maximum Gasteiger partial charge on any atom is 0.327 e. The fourth-order valence-corrected chi connectivity index (χ4v) is 4.36. The number of carbonyl (C=O) groups excluding carboxylic acids is 3. The molecule has 2 aliphatic heterocycles. The first-order valence-corrected chi connectivity index (χ1v) is 10.8. The van der Waals surface area contributed by atoms with E-state index in [9.17, 15) is 14.4 Å². The lowest BCUT2D eigenvalue weighted by molar-refractivity contribution is -0.139. The minimum atomic E-state index is -0.494. The second-order valence-corrected chi connectivity index (χ2v) is 8.24. The number of imide groups is 1. The molecule has 2 saturated heterocycles. The Balaban J connectivity index is 1.48. The summed E-state index contributed by atoms with van der Waals surface area (Å²) in [5.74, 6) is -0.516. The topological polar surface area (TPSA) is 81.8 Å². The summed E-state index contributed by atoms with van der Waals surface area (Å²) in [7, 11) is 0. The maximum atomic E-state index is 13.3. The van der Waals surface area contributed by atoms with E-state index in [0.29, 0.717) is 18.0 Å². The Morgan fingerprint density at radius 2 is 1.84 bits per heavy atom. The number of rotatable bonds is 6. The first-order chi connectivity index (χ1) is 15.0. The number of amides is 4. The van der Waals surface area contributed by atoms with Crippen LogP contribution in [0.3, 0.4) is 0 Å². The molecule has 0 bridgehead atoms. The van der Waals surface area contributed by atoms with Gasteiger partial charge in [-0.3, -0.25) is 14.5 Å². The zero-order valence-electron chi connectivity index (χ0n) is 17.1. The highest BCUT2D eigenvalue weighted by molar-refractivity contribution is 6.31. The van der Waals surface area contributed by atoms with Gasteiger partial charge in [0.1, 0.15) is 12.6 Å². The Bertz CT molecular complexity index is 968. The van der Waals surface area contributed by atoms with Crippen LogP contribution in [-0.2, 0) is 22.7 Å². The number of urea groups is 1. The second-order valence-electron chi connectivity index (χ2n) is 7.83. The molecule has 4 rings (SSSR count). The van der Waals surface area contributed by atoms with Crippen LogP contribution >= 0.6 is 11.6 Å². The molecular formula is C23H25ClN4O3. The van der Waals surface area contributed by atoms with Crippen LogP contribution in [0.15, 0.2) is 54.6 Å². The van der Waals surface area contributed by atoms with E-state index in [0.717, 1.165) is 17.5 Å². The highest BCUT2D eigenvalue weighted by atomic mass is 35.5. The van der Waals surface area contributed by atoms with E-state index in [1.54, 1.807) is 6.07 Å². The van der Waals surface area contributed by atoms with Gasteiger partial charge in [0.05, 0.1) is 12.6 Å². The minimum absolute atomic E-state index is 0.106. The van der Waals surface area contributed by atoms with Crippen LogP contribution in [0.1, 0.15) is 24.0 Å². The van der Waals surface area contributed by atoms with E-state index >= 15 is 0 Å². The number of piperidine rings is 1. The van der Waals surface area contributed by atoms with Crippen molar-refractivity contribution in [2.45, 2.75) is 38.0 Å². The number of hydrogen-bond acceptors (Lipinski definition) is 4. The van der Waals surface area contributed by atoms with Gasteiger partial charge in [0.25, 0.3) is 0 Å². The third-order valence-corrected chi connectivity index (χ3v) is 6.13. The van der Waals surface area contributed by atoms with Gasteiger partial charge >= 0.3 is 6.03 Å². The van der Waals surface area contributed by atoms with Crippen molar-refractivity contribution in [1.82, 2.24) is 20.4 Å². The van der Waals surface area contributed by atoms with Crippen molar-refractivity contribution in [3.8, 4) is 0 Å². The molecule has 2 N–H and O–H groups in total. The van der Waals surface area contributed by atoms with Gasteiger partial charge in [0, 0.05) is 11.6 Å². The summed E-state index contributed by atoms with van der Waals surface area (Å²) >= 11 is 6.16. The molecule has 2 fully saturated rings. The summed E-state index contributed by atoms with van der Waals surface area (Å²) < 4.78 is 0. The molecule has 2 heterocycles.